The molecule has 24 heavy (non-hydrogen) atoms. The van der Waals surface area contributed by atoms with E-state index in [1.807, 2.05) is 18.2 Å². The van der Waals surface area contributed by atoms with Gasteiger partial charge in [-0.05, 0) is 23.8 Å². The zero-order valence-electron chi connectivity index (χ0n) is 12.8. The molecule has 5 heteroatoms. The number of rotatable bonds is 5. The van der Waals surface area contributed by atoms with Crippen LogP contribution in [0.2, 0.25) is 0 Å². The van der Waals surface area contributed by atoms with Gasteiger partial charge in [-0.25, -0.2) is 8.42 Å². The van der Waals surface area contributed by atoms with Crippen molar-refractivity contribution in [3.8, 4) is 0 Å². The minimum absolute atomic E-state index is 0.175. The Kier molecular flexibility index (Phi) is 4.64. The van der Waals surface area contributed by atoms with Crippen molar-refractivity contribution >= 4 is 15.7 Å². The fourth-order valence-corrected chi connectivity index (χ4v) is 3.56. The predicted octanol–water partition coefficient (Wildman–Crippen LogP) is 3.57. The number of hydrogen-bond acceptors (Lipinski definition) is 3. The van der Waals surface area contributed by atoms with Crippen LogP contribution in [0.5, 0.6) is 0 Å². The van der Waals surface area contributed by atoms with Gasteiger partial charge in [0.2, 0.25) is 0 Å². The van der Waals surface area contributed by atoms with Crippen molar-refractivity contribution in [2.45, 2.75) is 11.0 Å². The summed E-state index contributed by atoms with van der Waals surface area (Å²) in [5, 5.41) is 10.6. The number of aliphatic hydroxyl groups excluding tert-OH is 1. The van der Waals surface area contributed by atoms with E-state index in [4.69, 9.17) is 0 Å². The number of hydrogen-bond donors (Lipinski definition) is 2. The van der Waals surface area contributed by atoms with E-state index in [9.17, 15) is 13.5 Å². The van der Waals surface area contributed by atoms with Crippen LogP contribution in [-0.4, -0.2) is 13.5 Å². The first-order valence-corrected chi connectivity index (χ1v) is 8.96. The van der Waals surface area contributed by atoms with Gasteiger partial charge in [-0.1, -0.05) is 66.7 Å². The lowest BCUT2D eigenvalue weighted by atomic mass is 10.0. The Bertz CT molecular complexity index is 910. The molecule has 0 unspecified atom stereocenters. The van der Waals surface area contributed by atoms with Gasteiger partial charge in [0.1, 0.15) is 6.10 Å². The number of para-hydroxylation sites is 1. The lowest BCUT2D eigenvalue weighted by Crippen LogP contribution is -2.15. The molecule has 122 valence electrons. The van der Waals surface area contributed by atoms with Crippen LogP contribution in [-0.2, 0) is 10.0 Å². The van der Waals surface area contributed by atoms with Crippen LogP contribution in [0.4, 0.5) is 5.69 Å². The predicted molar refractivity (Wildman–Crippen MR) is 94.2 cm³/mol. The molecular weight excluding hydrogens is 322 g/mol. The summed E-state index contributed by atoms with van der Waals surface area (Å²) in [5.41, 5.74) is 1.56. The molecule has 0 saturated heterocycles. The van der Waals surface area contributed by atoms with Gasteiger partial charge in [0, 0.05) is 5.56 Å². The molecule has 0 fully saturated rings. The van der Waals surface area contributed by atoms with Crippen molar-refractivity contribution in [2.75, 3.05) is 4.72 Å². The highest BCUT2D eigenvalue weighted by Gasteiger charge is 2.19. The Labute approximate surface area is 141 Å². The molecule has 0 radical (unpaired) electrons. The molecule has 0 saturated carbocycles. The fraction of sp³-hybridized carbons (Fsp3) is 0.0526. The first kappa shape index (κ1) is 16.2. The third-order valence-corrected chi connectivity index (χ3v) is 5.05. The van der Waals surface area contributed by atoms with Crippen molar-refractivity contribution in [3.63, 3.8) is 0 Å². The van der Waals surface area contributed by atoms with Crippen molar-refractivity contribution < 1.29 is 13.5 Å². The molecule has 0 amide bonds. The van der Waals surface area contributed by atoms with E-state index in [1.54, 1.807) is 54.6 Å². The zero-order valence-corrected chi connectivity index (χ0v) is 13.6. The summed E-state index contributed by atoms with van der Waals surface area (Å²) in [7, 11) is -3.71. The minimum Gasteiger partial charge on any atom is -0.384 e. The van der Waals surface area contributed by atoms with Crippen molar-refractivity contribution in [1.82, 2.24) is 0 Å². The van der Waals surface area contributed by atoms with E-state index in [0.29, 0.717) is 16.8 Å². The number of aliphatic hydroxyl groups is 1. The molecule has 2 N–H and O–H groups in total. The van der Waals surface area contributed by atoms with Gasteiger partial charge in [-0.15, -0.1) is 0 Å². The van der Waals surface area contributed by atoms with E-state index in [2.05, 4.69) is 4.72 Å². The first-order chi connectivity index (χ1) is 11.6. The molecule has 0 aliphatic carbocycles. The van der Waals surface area contributed by atoms with Gasteiger partial charge < -0.3 is 5.11 Å². The van der Waals surface area contributed by atoms with Crippen LogP contribution in [0.1, 0.15) is 17.2 Å². The SMILES string of the molecule is O=S(=O)(Nc1ccccc1[C@H](O)c1ccccc1)c1ccccc1. The van der Waals surface area contributed by atoms with Gasteiger partial charge >= 0.3 is 0 Å². The second-order valence-corrected chi connectivity index (χ2v) is 7.00. The molecule has 0 aromatic heterocycles. The van der Waals surface area contributed by atoms with Crippen LogP contribution >= 0.6 is 0 Å². The largest absolute Gasteiger partial charge is 0.384 e. The van der Waals surface area contributed by atoms with Crippen LogP contribution in [0.3, 0.4) is 0 Å². The maximum absolute atomic E-state index is 12.5. The highest BCUT2D eigenvalue weighted by Crippen LogP contribution is 2.29. The molecule has 3 aromatic carbocycles. The number of sulfonamides is 1. The third-order valence-electron chi connectivity index (χ3n) is 3.67. The fourth-order valence-electron chi connectivity index (χ4n) is 2.45. The standard InChI is InChI=1S/C19H17NO3S/c21-19(15-9-3-1-4-10-15)17-13-7-8-14-18(17)20-24(22,23)16-11-5-2-6-12-16/h1-14,19-21H/t19-/m1/s1. The molecule has 1 atom stereocenters. The van der Waals surface area contributed by atoms with Crippen LogP contribution in [0, 0.1) is 0 Å². The Morgan fingerprint density at radius 1 is 0.750 bits per heavy atom. The van der Waals surface area contributed by atoms with E-state index in [-0.39, 0.29) is 4.90 Å². The highest BCUT2D eigenvalue weighted by atomic mass is 32.2. The van der Waals surface area contributed by atoms with Crippen LogP contribution in [0.25, 0.3) is 0 Å². The maximum Gasteiger partial charge on any atom is 0.261 e. The molecule has 0 spiro atoms. The van der Waals surface area contributed by atoms with Crippen LogP contribution < -0.4 is 4.72 Å². The first-order valence-electron chi connectivity index (χ1n) is 7.48. The van der Waals surface area contributed by atoms with Crippen molar-refractivity contribution in [1.29, 1.82) is 0 Å². The summed E-state index contributed by atoms with van der Waals surface area (Å²) in [4.78, 5) is 0.175. The molecule has 4 nitrogen and oxygen atoms in total. The third kappa shape index (κ3) is 3.48. The van der Waals surface area contributed by atoms with Crippen molar-refractivity contribution in [2.24, 2.45) is 0 Å². The highest BCUT2D eigenvalue weighted by molar-refractivity contribution is 7.92. The number of nitrogens with one attached hydrogen (secondary N) is 1. The lowest BCUT2D eigenvalue weighted by Gasteiger charge is -2.17. The van der Waals surface area contributed by atoms with Gasteiger partial charge in [-0.3, -0.25) is 4.72 Å². The Hall–Kier alpha value is -2.63. The second kappa shape index (κ2) is 6.86. The average Bonchev–Trinajstić information content (AvgIpc) is 2.63. The van der Waals surface area contributed by atoms with E-state index < -0.39 is 16.1 Å². The second-order valence-electron chi connectivity index (χ2n) is 5.32. The van der Waals surface area contributed by atoms with Gasteiger partial charge in [0.25, 0.3) is 10.0 Å². The molecule has 0 heterocycles. The smallest absolute Gasteiger partial charge is 0.261 e. The maximum atomic E-state index is 12.5. The summed E-state index contributed by atoms with van der Waals surface area (Å²) in [6.07, 6.45) is -0.916. The van der Waals surface area contributed by atoms with Gasteiger partial charge in [0.05, 0.1) is 10.6 Å². The summed E-state index contributed by atoms with van der Waals surface area (Å²) in [6.45, 7) is 0. The molecule has 3 aromatic rings. The molecule has 0 aliphatic rings. The normalized spacial score (nSPS) is 12.5. The van der Waals surface area contributed by atoms with E-state index in [1.165, 1.54) is 12.1 Å². The summed E-state index contributed by atoms with van der Waals surface area (Å²) in [5.74, 6) is 0. The topological polar surface area (TPSA) is 66.4 Å². The summed E-state index contributed by atoms with van der Waals surface area (Å²) in [6, 6.07) is 24.1. The Morgan fingerprint density at radius 2 is 1.29 bits per heavy atom. The zero-order chi connectivity index (χ0) is 17.0. The van der Waals surface area contributed by atoms with Gasteiger partial charge in [0.15, 0.2) is 0 Å². The van der Waals surface area contributed by atoms with E-state index in [0.717, 1.165) is 0 Å². The summed E-state index contributed by atoms with van der Waals surface area (Å²) < 4.78 is 27.6. The van der Waals surface area contributed by atoms with E-state index >= 15 is 0 Å². The lowest BCUT2D eigenvalue weighted by molar-refractivity contribution is 0.221. The van der Waals surface area contributed by atoms with Crippen LogP contribution in [0.15, 0.2) is 89.8 Å². The Balaban J connectivity index is 1.96. The molecule has 0 bridgehead atoms. The quantitative estimate of drug-likeness (QED) is 0.747. The van der Waals surface area contributed by atoms with Crippen molar-refractivity contribution in [3.05, 3.63) is 96.1 Å². The number of anilines is 1. The van der Waals surface area contributed by atoms with Gasteiger partial charge in [-0.2, -0.15) is 0 Å². The molecule has 3 rings (SSSR count). The molecule has 0 aliphatic heterocycles. The Morgan fingerprint density at radius 3 is 1.96 bits per heavy atom. The minimum atomic E-state index is -3.71. The summed E-state index contributed by atoms with van der Waals surface area (Å²) >= 11 is 0. The monoisotopic (exact) mass is 339 g/mol. The average molecular weight is 339 g/mol. The number of benzene rings is 3. The molecular formula is C19H17NO3S.